The first-order valence-corrected chi connectivity index (χ1v) is 11.2. The van der Waals surface area contributed by atoms with E-state index in [4.69, 9.17) is 17.5 Å². The van der Waals surface area contributed by atoms with E-state index in [0.717, 1.165) is 11.1 Å². The zero-order valence-electron chi connectivity index (χ0n) is 18.8. The largest absolute Gasteiger partial charge is 0.351 e. The van der Waals surface area contributed by atoms with E-state index >= 15 is 0 Å². The smallest absolute Gasteiger partial charge is 0.269 e. The first kappa shape index (κ1) is 23.6. The van der Waals surface area contributed by atoms with Crippen LogP contribution in [0.4, 0.5) is 11.4 Å². The van der Waals surface area contributed by atoms with Gasteiger partial charge in [0.2, 0.25) is 0 Å². The molecule has 35 heavy (non-hydrogen) atoms. The van der Waals surface area contributed by atoms with Crippen LogP contribution in [0.3, 0.4) is 0 Å². The quantitative estimate of drug-likeness (QED) is 0.294. The number of nitro groups is 1. The summed E-state index contributed by atoms with van der Waals surface area (Å²) in [5.74, 6) is -0.362. The van der Waals surface area contributed by atoms with Crippen molar-refractivity contribution < 1.29 is 9.72 Å². The summed E-state index contributed by atoms with van der Waals surface area (Å²) >= 11 is 5.67. The second-order valence-corrected chi connectivity index (χ2v) is 8.33. The fraction of sp³-hybridized carbons (Fsp3) is 0.115. The number of rotatable bonds is 6. The SMILES string of the molecule is CC1=C(C(=O)Nc2ccc([N+](=O)[O-])cc2)C(c2ccc(C#N)cc2)NC(=S)N1Cc1ccccc1. The number of hydrogen-bond donors (Lipinski definition) is 2. The van der Waals surface area contributed by atoms with Crippen molar-refractivity contribution >= 4 is 34.6 Å². The van der Waals surface area contributed by atoms with E-state index in [-0.39, 0.29) is 11.6 Å². The molecule has 9 heteroatoms. The monoisotopic (exact) mass is 483 g/mol. The fourth-order valence-corrected chi connectivity index (χ4v) is 4.22. The number of carbonyl (C=O) groups excluding carboxylic acids is 1. The predicted molar refractivity (Wildman–Crippen MR) is 136 cm³/mol. The molecule has 1 unspecified atom stereocenters. The molecule has 0 fully saturated rings. The van der Waals surface area contributed by atoms with E-state index in [1.807, 2.05) is 42.2 Å². The van der Waals surface area contributed by atoms with Crippen molar-refractivity contribution in [2.75, 3.05) is 5.32 Å². The highest BCUT2D eigenvalue weighted by Gasteiger charge is 2.34. The predicted octanol–water partition coefficient (Wildman–Crippen LogP) is 4.81. The summed E-state index contributed by atoms with van der Waals surface area (Å²) in [6, 6.07) is 24.0. The van der Waals surface area contributed by atoms with Crippen LogP contribution in [0.1, 0.15) is 29.7 Å². The molecule has 3 aromatic rings. The molecule has 3 aromatic carbocycles. The molecule has 0 bridgehead atoms. The molecular weight excluding hydrogens is 462 g/mol. The first-order chi connectivity index (χ1) is 16.9. The van der Waals surface area contributed by atoms with Gasteiger partial charge in [-0.15, -0.1) is 0 Å². The molecule has 174 valence electrons. The number of non-ortho nitro benzene ring substituents is 1. The minimum atomic E-state index is -0.541. The van der Waals surface area contributed by atoms with Crippen LogP contribution in [-0.2, 0) is 11.3 Å². The van der Waals surface area contributed by atoms with E-state index in [2.05, 4.69) is 16.7 Å². The van der Waals surface area contributed by atoms with Crippen LogP contribution in [0.25, 0.3) is 0 Å². The highest BCUT2D eigenvalue weighted by Crippen LogP contribution is 2.32. The Balaban J connectivity index is 1.71. The van der Waals surface area contributed by atoms with Crippen LogP contribution in [0.15, 0.2) is 90.1 Å². The molecule has 1 aliphatic rings. The van der Waals surface area contributed by atoms with Crippen molar-refractivity contribution in [3.8, 4) is 6.07 Å². The highest BCUT2D eigenvalue weighted by molar-refractivity contribution is 7.80. The number of nitro benzene ring substituents is 1. The van der Waals surface area contributed by atoms with Gasteiger partial charge in [0.15, 0.2) is 5.11 Å². The number of nitrogens with one attached hydrogen (secondary N) is 2. The van der Waals surface area contributed by atoms with Crippen molar-refractivity contribution in [3.05, 3.63) is 117 Å². The van der Waals surface area contributed by atoms with Gasteiger partial charge in [0.25, 0.3) is 11.6 Å². The molecule has 0 spiro atoms. The average molecular weight is 484 g/mol. The van der Waals surface area contributed by atoms with Gasteiger partial charge >= 0.3 is 0 Å². The maximum atomic E-state index is 13.5. The van der Waals surface area contributed by atoms with Crippen LogP contribution in [0, 0.1) is 21.4 Å². The van der Waals surface area contributed by atoms with Gasteiger partial charge in [0, 0.05) is 30.1 Å². The second-order valence-electron chi connectivity index (χ2n) is 7.95. The molecule has 8 nitrogen and oxygen atoms in total. The Bertz CT molecular complexity index is 1350. The van der Waals surface area contributed by atoms with Gasteiger partial charge in [-0.25, -0.2) is 0 Å². The fourth-order valence-electron chi connectivity index (χ4n) is 3.90. The van der Waals surface area contributed by atoms with Gasteiger partial charge in [-0.3, -0.25) is 14.9 Å². The van der Waals surface area contributed by atoms with Crippen LogP contribution in [0.5, 0.6) is 0 Å². The molecule has 1 atom stereocenters. The van der Waals surface area contributed by atoms with E-state index in [1.54, 1.807) is 24.3 Å². The zero-order chi connectivity index (χ0) is 24.9. The molecule has 1 heterocycles. The minimum Gasteiger partial charge on any atom is -0.351 e. The number of allylic oxidation sites excluding steroid dienone is 1. The van der Waals surface area contributed by atoms with Crippen molar-refractivity contribution in [2.45, 2.75) is 19.5 Å². The lowest BCUT2D eigenvalue weighted by Crippen LogP contribution is -2.48. The van der Waals surface area contributed by atoms with Crippen molar-refractivity contribution in [2.24, 2.45) is 0 Å². The summed E-state index contributed by atoms with van der Waals surface area (Å²) in [4.78, 5) is 25.9. The Kier molecular flexibility index (Phi) is 6.85. The maximum absolute atomic E-state index is 13.5. The number of nitriles is 1. The Morgan fingerprint density at radius 2 is 1.77 bits per heavy atom. The summed E-state index contributed by atoms with van der Waals surface area (Å²) in [6.07, 6.45) is 0. The number of thiocarbonyl (C=S) groups is 1. The number of nitrogens with zero attached hydrogens (tertiary/aromatic N) is 3. The van der Waals surface area contributed by atoms with Crippen molar-refractivity contribution in [3.63, 3.8) is 0 Å². The van der Waals surface area contributed by atoms with Crippen molar-refractivity contribution in [1.29, 1.82) is 5.26 Å². The van der Waals surface area contributed by atoms with E-state index in [0.29, 0.717) is 34.2 Å². The summed E-state index contributed by atoms with van der Waals surface area (Å²) in [5.41, 5.74) is 3.83. The van der Waals surface area contributed by atoms with Crippen LogP contribution < -0.4 is 10.6 Å². The first-order valence-electron chi connectivity index (χ1n) is 10.8. The van der Waals surface area contributed by atoms with Gasteiger partial charge in [0.1, 0.15) is 0 Å². The Morgan fingerprint density at radius 1 is 1.11 bits per heavy atom. The standard InChI is InChI=1S/C26H21N5O3S/c1-17-23(25(32)28-21-11-13-22(14-12-21)31(33)34)24(20-9-7-18(15-27)8-10-20)29-26(35)30(17)16-19-5-3-2-4-6-19/h2-14,24H,16H2,1H3,(H,28,32)(H,29,35). The van der Waals surface area contributed by atoms with Gasteiger partial charge in [-0.05, 0) is 54.5 Å². The van der Waals surface area contributed by atoms with Gasteiger partial charge < -0.3 is 15.5 Å². The van der Waals surface area contributed by atoms with Gasteiger partial charge in [-0.1, -0.05) is 42.5 Å². The Labute approximate surface area is 207 Å². The normalized spacial score (nSPS) is 15.3. The second kappa shape index (κ2) is 10.2. The third kappa shape index (κ3) is 5.18. The average Bonchev–Trinajstić information content (AvgIpc) is 2.87. The van der Waals surface area contributed by atoms with Crippen LogP contribution >= 0.6 is 12.2 Å². The Hall–Kier alpha value is -4.55. The van der Waals surface area contributed by atoms with E-state index in [1.165, 1.54) is 24.3 Å². The summed E-state index contributed by atoms with van der Waals surface area (Å²) in [7, 11) is 0. The summed E-state index contributed by atoms with van der Waals surface area (Å²) < 4.78 is 0. The third-order valence-corrected chi connectivity index (χ3v) is 6.07. The van der Waals surface area contributed by atoms with Gasteiger partial charge in [-0.2, -0.15) is 5.26 Å². The van der Waals surface area contributed by atoms with E-state index < -0.39 is 11.0 Å². The van der Waals surface area contributed by atoms with Crippen molar-refractivity contribution in [1.82, 2.24) is 10.2 Å². The molecule has 2 N–H and O–H groups in total. The number of amides is 1. The lowest BCUT2D eigenvalue weighted by molar-refractivity contribution is -0.384. The van der Waals surface area contributed by atoms with Crippen LogP contribution in [-0.4, -0.2) is 20.8 Å². The summed E-state index contributed by atoms with van der Waals surface area (Å²) in [5, 5.41) is 26.7. The highest BCUT2D eigenvalue weighted by atomic mass is 32.1. The van der Waals surface area contributed by atoms with E-state index in [9.17, 15) is 14.9 Å². The van der Waals surface area contributed by atoms with Gasteiger partial charge in [0.05, 0.1) is 28.2 Å². The minimum absolute atomic E-state index is 0.0624. The molecule has 1 amide bonds. The van der Waals surface area contributed by atoms with Crippen LogP contribution in [0.2, 0.25) is 0 Å². The molecule has 0 aliphatic carbocycles. The number of carbonyl (C=O) groups is 1. The zero-order valence-corrected chi connectivity index (χ0v) is 19.6. The molecular formula is C26H21N5O3S. The topological polar surface area (TPSA) is 111 Å². The number of benzene rings is 3. The number of anilines is 1. The molecule has 1 aliphatic heterocycles. The lowest BCUT2D eigenvalue weighted by atomic mass is 9.93. The lowest BCUT2D eigenvalue weighted by Gasteiger charge is -2.38. The maximum Gasteiger partial charge on any atom is 0.269 e. The Morgan fingerprint density at radius 3 is 2.37 bits per heavy atom. The molecule has 0 radical (unpaired) electrons. The third-order valence-electron chi connectivity index (χ3n) is 5.73. The summed E-state index contributed by atoms with van der Waals surface area (Å²) in [6.45, 7) is 2.32. The molecule has 0 saturated heterocycles. The molecule has 4 rings (SSSR count). The molecule has 0 saturated carbocycles. The molecule has 0 aromatic heterocycles. The number of hydrogen-bond acceptors (Lipinski definition) is 5.